The molecule has 0 bridgehead atoms. The number of furan rings is 1. The summed E-state index contributed by atoms with van der Waals surface area (Å²) >= 11 is 1.31. The zero-order chi connectivity index (χ0) is 17.0. The molecule has 2 aromatic rings. The summed E-state index contributed by atoms with van der Waals surface area (Å²) in [7, 11) is 1.29. The van der Waals surface area contributed by atoms with Crippen LogP contribution in [-0.4, -0.2) is 23.0 Å². The number of carbonyl (C=O) groups excluding carboxylic acids is 1. The minimum atomic E-state index is -0.526. The minimum absolute atomic E-state index is 0.0591. The van der Waals surface area contributed by atoms with E-state index < -0.39 is 5.97 Å². The van der Waals surface area contributed by atoms with E-state index in [1.165, 1.54) is 18.9 Å². The third kappa shape index (κ3) is 3.81. The maximum Gasteiger partial charge on any atom is 0.373 e. The molecular weight excluding hydrogens is 316 g/mol. The molecule has 2 N–H and O–H groups in total. The number of ether oxygens (including phenoxy) is 1. The Morgan fingerprint density at radius 3 is 2.83 bits per heavy atom. The number of thioether (sulfide) groups is 1. The third-order valence-corrected chi connectivity index (χ3v) is 3.86. The average molecular weight is 332 g/mol. The lowest BCUT2D eigenvalue weighted by Crippen LogP contribution is -2.06. The van der Waals surface area contributed by atoms with Crippen molar-refractivity contribution in [2.75, 3.05) is 12.8 Å². The van der Waals surface area contributed by atoms with Crippen molar-refractivity contribution >= 4 is 23.5 Å². The molecule has 0 fully saturated rings. The highest BCUT2D eigenvalue weighted by Crippen LogP contribution is 2.27. The van der Waals surface area contributed by atoms with Crippen LogP contribution in [0.15, 0.2) is 21.7 Å². The summed E-state index contributed by atoms with van der Waals surface area (Å²) in [4.78, 5) is 19.9. The number of nitriles is 1. The molecule has 0 spiro atoms. The van der Waals surface area contributed by atoms with E-state index in [4.69, 9.17) is 15.4 Å². The molecule has 0 aromatic carbocycles. The maximum atomic E-state index is 11.3. The highest BCUT2D eigenvalue weighted by Gasteiger charge is 2.16. The summed E-state index contributed by atoms with van der Waals surface area (Å²) in [6.07, 6.45) is 0. The molecule has 2 heterocycles. The standard InChI is InChI=1S/C15H16N4O3S/c1-8(2)12-10(6-16)13(17)19-15(18-12)23-7-9-4-5-11(22-9)14(20)21-3/h4-5,8H,7H2,1-3H3,(H2,17,18,19). The number of nitrogens with two attached hydrogens (primary N) is 1. The molecule has 8 heteroatoms. The molecule has 0 unspecified atom stereocenters. The van der Waals surface area contributed by atoms with Crippen molar-refractivity contribution in [2.24, 2.45) is 0 Å². The Kier molecular flexibility index (Phi) is 5.24. The molecule has 0 saturated carbocycles. The van der Waals surface area contributed by atoms with Gasteiger partial charge in [0.1, 0.15) is 23.2 Å². The number of methoxy groups -OCH3 is 1. The van der Waals surface area contributed by atoms with Crippen LogP contribution in [0.5, 0.6) is 0 Å². The second kappa shape index (κ2) is 7.15. The number of nitrogen functional groups attached to an aromatic ring is 1. The van der Waals surface area contributed by atoms with Gasteiger partial charge in [-0.2, -0.15) is 5.26 Å². The van der Waals surface area contributed by atoms with Crippen molar-refractivity contribution < 1.29 is 13.9 Å². The highest BCUT2D eigenvalue weighted by atomic mass is 32.2. The highest BCUT2D eigenvalue weighted by molar-refractivity contribution is 7.98. The fourth-order valence-electron chi connectivity index (χ4n) is 1.87. The van der Waals surface area contributed by atoms with Gasteiger partial charge < -0.3 is 14.9 Å². The molecular formula is C15H16N4O3S. The second-order valence-electron chi connectivity index (χ2n) is 4.96. The van der Waals surface area contributed by atoms with Crippen LogP contribution < -0.4 is 5.73 Å². The fraction of sp³-hybridized carbons (Fsp3) is 0.333. The monoisotopic (exact) mass is 332 g/mol. The van der Waals surface area contributed by atoms with Crippen LogP contribution in [0.4, 0.5) is 5.82 Å². The van der Waals surface area contributed by atoms with E-state index in [0.29, 0.717) is 27.9 Å². The number of rotatable bonds is 5. The average Bonchev–Trinajstić information content (AvgIpc) is 3.00. The Morgan fingerprint density at radius 1 is 1.48 bits per heavy atom. The predicted molar refractivity (Wildman–Crippen MR) is 84.9 cm³/mol. The Morgan fingerprint density at radius 2 is 2.22 bits per heavy atom. The maximum absolute atomic E-state index is 11.3. The molecule has 23 heavy (non-hydrogen) atoms. The van der Waals surface area contributed by atoms with Gasteiger partial charge in [-0.25, -0.2) is 14.8 Å². The van der Waals surface area contributed by atoms with E-state index in [-0.39, 0.29) is 17.5 Å². The molecule has 2 aromatic heterocycles. The van der Waals surface area contributed by atoms with Gasteiger partial charge in [-0.3, -0.25) is 0 Å². The largest absolute Gasteiger partial charge is 0.463 e. The number of hydrogen-bond donors (Lipinski definition) is 1. The summed E-state index contributed by atoms with van der Waals surface area (Å²) in [5, 5.41) is 9.61. The van der Waals surface area contributed by atoms with Gasteiger partial charge in [-0.1, -0.05) is 25.6 Å². The van der Waals surface area contributed by atoms with Gasteiger partial charge in [0.25, 0.3) is 0 Å². The van der Waals surface area contributed by atoms with Crippen molar-refractivity contribution in [3.05, 3.63) is 34.9 Å². The third-order valence-electron chi connectivity index (χ3n) is 2.99. The van der Waals surface area contributed by atoms with Crippen LogP contribution in [0.25, 0.3) is 0 Å². The summed E-state index contributed by atoms with van der Waals surface area (Å²) in [5.74, 6) is 0.869. The molecule has 7 nitrogen and oxygen atoms in total. The number of nitrogens with zero attached hydrogens (tertiary/aromatic N) is 3. The topological polar surface area (TPSA) is 115 Å². The number of esters is 1. The molecule has 0 amide bonds. The van der Waals surface area contributed by atoms with Crippen LogP contribution in [0.3, 0.4) is 0 Å². The Labute approximate surface area is 137 Å². The first-order valence-electron chi connectivity index (χ1n) is 6.83. The van der Waals surface area contributed by atoms with Crippen LogP contribution in [0.1, 0.15) is 47.3 Å². The fourth-order valence-corrected chi connectivity index (χ4v) is 2.62. The lowest BCUT2D eigenvalue weighted by Gasteiger charge is -2.10. The van der Waals surface area contributed by atoms with Crippen molar-refractivity contribution in [3.8, 4) is 6.07 Å². The quantitative estimate of drug-likeness (QED) is 0.505. The van der Waals surface area contributed by atoms with Gasteiger partial charge in [-0.05, 0) is 18.1 Å². The summed E-state index contributed by atoms with van der Waals surface area (Å²) in [5.41, 5.74) is 6.77. The van der Waals surface area contributed by atoms with E-state index in [9.17, 15) is 4.79 Å². The molecule has 120 valence electrons. The van der Waals surface area contributed by atoms with Crippen LogP contribution in [-0.2, 0) is 10.5 Å². The normalized spacial score (nSPS) is 10.6. The first-order chi connectivity index (χ1) is 11.0. The number of carbonyl (C=O) groups is 1. The first kappa shape index (κ1) is 16.8. The Bertz CT molecular complexity index is 765. The second-order valence-corrected chi connectivity index (χ2v) is 5.91. The molecule has 0 aliphatic rings. The molecule has 0 saturated heterocycles. The molecule has 0 aliphatic carbocycles. The Hall–Kier alpha value is -2.53. The molecule has 0 radical (unpaired) electrons. The molecule has 0 aliphatic heterocycles. The van der Waals surface area contributed by atoms with E-state index in [0.717, 1.165) is 0 Å². The van der Waals surface area contributed by atoms with Crippen molar-refractivity contribution in [1.82, 2.24) is 9.97 Å². The number of hydrogen-bond acceptors (Lipinski definition) is 8. The van der Waals surface area contributed by atoms with E-state index in [1.807, 2.05) is 19.9 Å². The van der Waals surface area contributed by atoms with Crippen LogP contribution in [0, 0.1) is 11.3 Å². The first-order valence-corrected chi connectivity index (χ1v) is 7.82. The van der Waals surface area contributed by atoms with E-state index >= 15 is 0 Å². The summed E-state index contributed by atoms with van der Waals surface area (Å²) in [6, 6.07) is 5.28. The number of aromatic nitrogens is 2. The van der Waals surface area contributed by atoms with Crippen molar-refractivity contribution in [1.29, 1.82) is 5.26 Å². The van der Waals surface area contributed by atoms with Gasteiger partial charge in [0.2, 0.25) is 5.76 Å². The van der Waals surface area contributed by atoms with Crippen molar-refractivity contribution in [2.45, 2.75) is 30.7 Å². The zero-order valence-corrected chi connectivity index (χ0v) is 13.8. The summed E-state index contributed by atoms with van der Waals surface area (Å²) in [6.45, 7) is 3.87. The van der Waals surface area contributed by atoms with Crippen LogP contribution in [0.2, 0.25) is 0 Å². The Balaban J connectivity index is 2.16. The lowest BCUT2D eigenvalue weighted by atomic mass is 10.1. The van der Waals surface area contributed by atoms with Gasteiger partial charge >= 0.3 is 5.97 Å². The van der Waals surface area contributed by atoms with E-state index in [2.05, 4.69) is 14.7 Å². The molecule has 0 atom stereocenters. The SMILES string of the molecule is COC(=O)c1ccc(CSc2nc(N)c(C#N)c(C(C)C)n2)o1. The van der Waals surface area contributed by atoms with E-state index in [1.54, 1.807) is 12.1 Å². The predicted octanol–water partition coefficient (Wildman–Crippen LogP) is 2.73. The lowest BCUT2D eigenvalue weighted by molar-refractivity contribution is 0.0563. The van der Waals surface area contributed by atoms with Gasteiger partial charge in [0.05, 0.1) is 18.6 Å². The van der Waals surface area contributed by atoms with Crippen LogP contribution >= 0.6 is 11.8 Å². The molecule has 2 rings (SSSR count). The smallest absolute Gasteiger partial charge is 0.373 e. The van der Waals surface area contributed by atoms with Gasteiger partial charge in [0, 0.05) is 0 Å². The number of anilines is 1. The summed E-state index contributed by atoms with van der Waals surface area (Å²) < 4.78 is 9.96. The van der Waals surface area contributed by atoms with Gasteiger partial charge in [-0.15, -0.1) is 0 Å². The minimum Gasteiger partial charge on any atom is -0.463 e. The van der Waals surface area contributed by atoms with Gasteiger partial charge in [0.15, 0.2) is 5.16 Å². The zero-order valence-electron chi connectivity index (χ0n) is 13.0. The van der Waals surface area contributed by atoms with Crippen molar-refractivity contribution in [3.63, 3.8) is 0 Å².